The average molecular weight is 366 g/mol. The molecule has 0 aliphatic carbocycles. The van der Waals surface area contributed by atoms with Crippen molar-refractivity contribution in [3.05, 3.63) is 81.3 Å². The monoisotopic (exact) mass is 366 g/mol. The van der Waals surface area contributed by atoms with Gasteiger partial charge in [-0.15, -0.1) is 11.3 Å². The molecule has 0 spiro atoms. The summed E-state index contributed by atoms with van der Waals surface area (Å²) in [6.45, 7) is 3.76. The van der Waals surface area contributed by atoms with Gasteiger partial charge in [0.25, 0.3) is 11.8 Å². The predicted octanol–water partition coefficient (Wildman–Crippen LogP) is 3.31. The number of carbonyl (C=O) groups is 2. The first-order valence-corrected chi connectivity index (χ1v) is 8.86. The van der Waals surface area contributed by atoms with E-state index in [-0.39, 0.29) is 11.8 Å². The number of nitrogens with one attached hydrogen (secondary N) is 2. The molecule has 2 heterocycles. The summed E-state index contributed by atoms with van der Waals surface area (Å²) in [5, 5.41) is 5.84. The maximum atomic E-state index is 12.3. The zero-order chi connectivity index (χ0) is 18.5. The van der Waals surface area contributed by atoms with Gasteiger partial charge in [-0.3, -0.25) is 19.7 Å². The number of carbonyl (C=O) groups excluding carboxylic acids is 2. The number of hydrogen-bond donors (Lipinski definition) is 2. The Labute approximate surface area is 155 Å². The molecule has 0 atom stereocenters. The molecule has 0 aliphatic rings. The summed E-state index contributed by atoms with van der Waals surface area (Å²) in [6, 6.07) is 14.4. The minimum Gasteiger partial charge on any atom is -0.267 e. The van der Waals surface area contributed by atoms with Gasteiger partial charge in [0, 0.05) is 22.5 Å². The van der Waals surface area contributed by atoms with Gasteiger partial charge < -0.3 is 0 Å². The highest BCUT2D eigenvalue weighted by Gasteiger charge is 2.12. The van der Waals surface area contributed by atoms with E-state index in [1.807, 2.05) is 49.6 Å². The Morgan fingerprint density at radius 1 is 1.08 bits per heavy atom. The number of amides is 2. The molecular formula is C19H18N4O2S. The van der Waals surface area contributed by atoms with Crippen LogP contribution in [0.5, 0.6) is 0 Å². The first-order valence-electron chi connectivity index (χ1n) is 7.98. The fourth-order valence-electron chi connectivity index (χ4n) is 2.47. The molecule has 0 bridgehead atoms. The lowest BCUT2D eigenvalue weighted by Gasteiger charge is -2.11. The molecule has 3 rings (SSSR count). The quantitative estimate of drug-likeness (QED) is 0.537. The van der Waals surface area contributed by atoms with Gasteiger partial charge in [0.05, 0.1) is 11.1 Å². The van der Waals surface area contributed by atoms with Crippen molar-refractivity contribution < 1.29 is 9.59 Å². The van der Waals surface area contributed by atoms with Crippen LogP contribution in [-0.2, 0) is 0 Å². The van der Waals surface area contributed by atoms with Crippen LogP contribution in [-0.4, -0.2) is 22.7 Å². The second-order valence-corrected chi connectivity index (χ2v) is 6.59. The Morgan fingerprint density at radius 2 is 1.85 bits per heavy atom. The van der Waals surface area contributed by atoms with Crippen molar-refractivity contribution in [2.75, 3.05) is 5.43 Å². The van der Waals surface area contributed by atoms with E-state index in [2.05, 4.69) is 16.0 Å². The van der Waals surface area contributed by atoms with Crippen molar-refractivity contribution >= 4 is 29.4 Å². The Hall–Kier alpha value is -3.19. The summed E-state index contributed by atoms with van der Waals surface area (Å²) in [7, 11) is 0. The second-order valence-electron chi connectivity index (χ2n) is 5.65. The Balaban J connectivity index is 1.70. The van der Waals surface area contributed by atoms with E-state index in [1.54, 1.807) is 29.1 Å². The zero-order valence-electron chi connectivity index (χ0n) is 14.4. The summed E-state index contributed by atoms with van der Waals surface area (Å²) >= 11 is 1.35. The molecule has 3 aromatic rings. The molecular weight excluding hydrogens is 348 g/mol. The largest absolute Gasteiger partial charge is 0.281 e. The molecule has 0 saturated carbocycles. The number of hydrazone groups is 1. The van der Waals surface area contributed by atoms with E-state index in [0.29, 0.717) is 10.4 Å². The van der Waals surface area contributed by atoms with Gasteiger partial charge in [-0.25, -0.2) is 5.43 Å². The third kappa shape index (κ3) is 3.89. The number of aromatic nitrogens is 1. The Kier molecular flexibility index (Phi) is 5.28. The third-order valence-electron chi connectivity index (χ3n) is 3.83. The highest BCUT2D eigenvalue weighted by atomic mass is 32.1. The fourth-order valence-corrected chi connectivity index (χ4v) is 3.08. The molecule has 0 aliphatic heterocycles. The van der Waals surface area contributed by atoms with Crippen LogP contribution in [0.4, 0.5) is 0 Å². The summed E-state index contributed by atoms with van der Waals surface area (Å²) in [6.07, 6.45) is 1.57. The molecule has 1 aromatic carbocycles. The van der Waals surface area contributed by atoms with Gasteiger partial charge in [0.1, 0.15) is 0 Å². The molecule has 132 valence electrons. The number of rotatable bonds is 5. The highest BCUT2D eigenvalue weighted by molar-refractivity contribution is 7.12. The number of nitrogens with zero attached hydrogens (tertiary/aromatic N) is 2. The number of thiophene rings is 1. The van der Waals surface area contributed by atoms with Crippen LogP contribution in [0.2, 0.25) is 0 Å². The van der Waals surface area contributed by atoms with Crippen molar-refractivity contribution in [1.29, 1.82) is 0 Å². The van der Waals surface area contributed by atoms with Crippen LogP contribution in [0.25, 0.3) is 0 Å². The van der Waals surface area contributed by atoms with Crippen LogP contribution in [0.3, 0.4) is 0 Å². The summed E-state index contributed by atoms with van der Waals surface area (Å²) in [5.41, 5.74) is 8.44. The Bertz CT molecular complexity index is 944. The molecule has 2 N–H and O–H groups in total. The van der Waals surface area contributed by atoms with Crippen LogP contribution in [0, 0.1) is 13.8 Å². The topological polar surface area (TPSA) is 75.5 Å². The predicted molar refractivity (Wildman–Crippen MR) is 103 cm³/mol. The minimum atomic E-state index is -0.248. The van der Waals surface area contributed by atoms with Crippen molar-refractivity contribution in [1.82, 2.24) is 10.1 Å². The lowest BCUT2D eigenvalue weighted by atomic mass is 10.2. The van der Waals surface area contributed by atoms with E-state index < -0.39 is 0 Å². The van der Waals surface area contributed by atoms with Crippen LogP contribution < -0.4 is 10.9 Å². The van der Waals surface area contributed by atoms with E-state index in [0.717, 1.165) is 17.0 Å². The van der Waals surface area contributed by atoms with E-state index in [4.69, 9.17) is 0 Å². The SMILES string of the molecule is Cc1cc(/C=N/NC(=O)c2cccs2)c(C)n1NC(=O)c1ccccc1. The van der Waals surface area contributed by atoms with Crippen LogP contribution in [0.15, 0.2) is 59.0 Å². The molecule has 2 amide bonds. The lowest BCUT2D eigenvalue weighted by molar-refractivity contribution is 0.0958. The fraction of sp³-hybridized carbons (Fsp3) is 0.105. The molecule has 6 nitrogen and oxygen atoms in total. The molecule has 0 unspecified atom stereocenters. The minimum absolute atomic E-state index is 0.193. The molecule has 0 fully saturated rings. The summed E-state index contributed by atoms with van der Waals surface area (Å²) in [5.74, 6) is -0.440. The third-order valence-corrected chi connectivity index (χ3v) is 4.70. The van der Waals surface area contributed by atoms with Crippen molar-refractivity contribution in [2.45, 2.75) is 13.8 Å². The second kappa shape index (κ2) is 7.79. The summed E-state index contributed by atoms with van der Waals surface area (Å²) < 4.78 is 1.71. The number of benzene rings is 1. The first-order chi connectivity index (χ1) is 12.6. The molecule has 7 heteroatoms. The van der Waals surface area contributed by atoms with E-state index >= 15 is 0 Å². The Morgan fingerprint density at radius 3 is 2.54 bits per heavy atom. The maximum Gasteiger partial charge on any atom is 0.281 e. The van der Waals surface area contributed by atoms with Gasteiger partial charge >= 0.3 is 0 Å². The smallest absolute Gasteiger partial charge is 0.267 e. The van der Waals surface area contributed by atoms with Crippen molar-refractivity contribution in [3.63, 3.8) is 0 Å². The summed E-state index contributed by atoms with van der Waals surface area (Å²) in [4.78, 5) is 24.8. The van der Waals surface area contributed by atoms with E-state index in [1.165, 1.54) is 11.3 Å². The standard InChI is InChI=1S/C19H18N4O2S/c1-13-11-16(12-20-21-19(25)17-9-6-10-26-17)14(2)23(13)22-18(24)15-7-4-3-5-8-15/h3-12H,1-2H3,(H,21,25)(H,22,24)/b20-12+. The van der Waals surface area contributed by atoms with Gasteiger partial charge in [-0.2, -0.15) is 5.10 Å². The van der Waals surface area contributed by atoms with Gasteiger partial charge in [0.15, 0.2) is 0 Å². The van der Waals surface area contributed by atoms with Gasteiger partial charge in [-0.05, 0) is 43.5 Å². The van der Waals surface area contributed by atoms with Crippen molar-refractivity contribution in [2.24, 2.45) is 5.10 Å². The molecule has 26 heavy (non-hydrogen) atoms. The highest BCUT2D eigenvalue weighted by Crippen LogP contribution is 2.12. The first kappa shape index (κ1) is 17.6. The molecule has 0 saturated heterocycles. The van der Waals surface area contributed by atoms with Gasteiger partial charge in [-0.1, -0.05) is 24.3 Å². The number of aryl methyl sites for hydroxylation is 1. The molecule has 2 aromatic heterocycles. The van der Waals surface area contributed by atoms with Crippen LogP contribution in [0.1, 0.15) is 37.0 Å². The lowest BCUT2D eigenvalue weighted by Crippen LogP contribution is -2.24. The zero-order valence-corrected chi connectivity index (χ0v) is 15.2. The number of hydrogen-bond acceptors (Lipinski definition) is 4. The normalized spacial score (nSPS) is 10.8. The van der Waals surface area contributed by atoms with E-state index in [9.17, 15) is 9.59 Å². The van der Waals surface area contributed by atoms with Crippen LogP contribution >= 0.6 is 11.3 Å². The maximum absolute atomic E-state index is 12.3. The van der Waals surface area contributed by atoms with Gasteiger partial charge in [0.2, 0.25) is 0 Å². The van der Waals surface area contributed by atoms with Crippen molar-refractivity contribution in [3.8, 4) is 0 Å². The molecule has 0 radical (unpaired) electrons. The average Bonchev–Trinajstić information content (AvgIpc) is 3.27.